The number of benzene rings is 1. The Balaban J connectivity index is 2.32. The molecule has 0 fully saturated rings. The van der Waals surface area contributed by atoms with Gasteiger partial charge in [-0.15, -0.1) is 0 Å². The number of para-hydroxylation sites is 2. The number of hydrogen-bond donors (Lipinski definition) is 2. The fraction of sp³-hybridized carbons (Fsp3) is 0.0769. The quantitative estimate of drug-likeness (QED) is 0.869. The van der Waals surface area contributed by atoms with Gasteiger partial charge < -0.3 is 9.84 Å². The van der Waals surface area contributed by atoms with Crippen LogP contribution in [0.5, 0.6) is 5.75 Å². The van der Waals surface area contributed by atoms with E-state index < -0.39 is 16.0 Å². The van der Waals surface area contributed by atoms with Gasteiger partial charge in [-0.3, -0.25) is 4.72 Å². The summed E-state index contributed by atoms with van der Waals surface area (Å²) in [7, 11) is -2.50. The number of ether oxygens (including phenoxy) is 1. The van der Waals surface area contributed by atoms with E-state index in [1.165, 1.54) is 13.2 Å². The van der Waals surface area contributed by atoms with Crippen LogP contribution in [0.1, 0.15) is 10.4 Å². The average molecular weight is 308 g/mol. The molecule has 0 amide bonds. The topological polar surface area (TPSA) is 106 Å². The van der Waals surface area contributed by atoms with Crippen LogP contribution < -0.4 is 9.46 Å². The van der Waals surface area contributed by atoms with Crippen molar-refractivity contribution in [3.8, 4) is 5.75 Å². The van der Waals surface area contributed by atoms with E-state index >= 15 is 0 Å². The molecule has 0 aliphatic carbocycles. The first-order chi connectivity index (χ1) is 9.94. The summed E-state index contributed by atoms with van der Waals surface area (Å²) in [6, 6.07) is 8.81. The molecule has 1 aromatic heterocycles. The van der Waals surface area contributed by atoms with Crippen molar-refractivity contribution >= 4 is 21.7 Å². The van der Waals surface area contributed by atoms with E-state index in [4.69, 9.17) is 9.84 Å². The van der Waals surface area contributed by atoms with Gasteiger partial charge in [0.2, 0.25) is 0 Å². The lowest BCUT2D eigenvalue weighted by atomic mass is 10.3. The van der Waals surface area contributed by atoms with E-state index in [1.54, 1.807) is 24.3 Å². The lowest BCUT2D eigenvalue weighted by Gasteiger charge is -2.11. The minimum Gasteiger partial charge on any atom is -0.495 e. The van der Waals surface area contributed by atoms with Crippen molar-refractivity contribution in [2.24, 2.45) is 0 Å². The number of rotatable bonds is 5. The Kier molecular flexibility index (Phi) is 4.08. The normalized spacial score (nSPS) is 10.9. The Morgan fingerprint density at radius 1 is 1.24 bits per heavy atom. The third kappa shape index (κ3) is 3.29. The first kappa shape index (κ1) is 14.8. The second-order valence-corrected chi connectivity index (χ2v) is 5.63. The second kappa shape index (κ2) is 5.80. The van der Waals surface area contributed by atoms with E-state index in [2.05, 4.69) is 9.71 Å². The van der Waals surface area contributed by atoms with Crippen molar-refractivity contribution < 1.29 is 23.1 Å². The van der Waals surface area contributed by atoms with Gasteiger partial charge in [0.25, 0.3) is 10.0 Å². The Morgan fingerprint density at radius 3 is 2.52 bits per heavy atom. The smallest absolute Gasteiger partial charge is 0.337 e. The molecule has 2 aromatic rings. The maximum atomic E-state index is 12.2. The van der Waals surface area contributed by atoms with E-state index in [0.717, 1.165) is 12.3 Å². The van der Waals surface area contributed by atoms with Gasteiger partial charge in [-0.2, -0.15) is 8.42 Å². The van der Waals surface area contributed by atoms with Crippen molar-refractivity contribution in [2.45, 2.75) is 5.03 Å². The summed E-state index contributed by atoms with van der Waals surface area (Å²) >= 11 is 0. The molecule has 7 nitrogen and oxygen atoms in total. The molecule has 1 aromatic carbocycles. The van der Waals surface area contributed by atoms with Gasteiger partial charge in [0, 0.05) is 6.20 Å². The molecule has 0 atom stereocenters. The lowest BCUT2D eigenvalue weighted by Crippen LogP contribution is -2.15. The van der Waals surface area contributed by atoms with Crippen LogP contribution in [-0.4, -0.2) is 31.6 Å². The molecule has 21 heavy (non-hydrogen) atoms. The SMILES string of the molecule is COc1ccccc1NS(=O)(=O)c1ccc(C(=O)O)cn1. The Labute approximate surface area is 121 Å². The molecule has 0 radical (unpaired) electrons. The number of aromatic nitrogens is 1. The number of carboxylic acid groups (broad SMARTS) is 1. The summed E-state index contributed by atoms with van der Waals surface area (Å²) in [5.74, 6) is -0.813. The number of hydrogen-bond acceptors (Lipinski definition) is 5. The lowest BCUT2D eigenvalue weighted by molar-refractivity contribution is 0.0696. The van der Waals surface area contributed by atoms with Gasteiger partial charge in [0.05, 0.1) is 18.4 Å². The highest BCUT2D eigenvalue weighted by molar-refractivity contribution is 7.92. The van der Waals surface area contributed by atoms with Gasteiger partial charge in [-0.1, -0.05) is 12.1 Å². The number of methoxy groups -OCH3 is 1. The largest absolute Gasteiger partial charge is 0.495 e. The monoisotopic (exact) mass is 308 g/mol. The molecule has 2 N–H and O–H groups in total. The van der Waals surface area contributed by atoms with Crippen LogP contribution in [0.25, 0.3) is 0 Å². The number of carboxylic acids is 1. The maximum absolute atomic E-state index is 12.2. The minimum atomic E-state index is -3.92. The third-order valence-corrected chi connectivity index (χ3v) is 3.89. The molecule has 0 unspecified atom stereocenters. The molecule has 0 saturated heterocycles. The standard InChI is InChI=1S/C13H12N2O5S/c1-20-11-5-3-2-4-10(11)15-21(18,19)12-7-6-9(8-14-12)13(16)17/h2-8,15H,1H3,(H,16,17). The van der Waals surface area contributed by atoms with Crippen molar-refractivity contribution in [2.75, 3.05) is 11.8 Å². The van der Waals surface area contributed by atoms with Crippen LogP contribution in [0.15, 0.2) is 47.6 Å². The van der Waals surface area contributed by atoms with Crippen LogP contribution in [0.2, 0.25) is 0 Å². The highest BCUT2D eigenvalue weighted by Gasteiger charge is 2.18. The Morgan fingerprint density at radius 2 is 1.95 bits per heavy atom. The van der Waals surface area contributed by atoms with E-state index in [1.807, 2.05) is 0 Å². The van der Waals surface area contributed by atoms with E-state index in [0.29, 0.717) is 5.75 Å². The molecule has 0 saturated carbocycles. The number of sulfonamides is 1. The van der Waals surface area contributed by atoms with Crippen molar-refractivity contribution in [3.05, 3.63) is 48.2 Å². The number of aromatic carboxylic acids is 1. The first-order valence-electron chi connectivity index (χ1n) is 5.79. The number of nitrogens with zero attached hydrogens (tertiary/aromatic N) is 1. The molecule has 2 rings (SSSR count). The predicted octanol–water partition coefficient (Wildman–Crippen LogP) is 1.59. The fourth-order valence-corrected chi connectivity index (χ4v) is 2.59. The van der Waals surface area contributed by atoms with Crippen LogP contribution in [0, 0.1) is 0 Å². The number of nitrogens with one attached hydrogen (secondary N) is 1. The summed E-state index contributed by atoms with van der Waals surface area (Å²) in [5, 5.41) is 8.48. The molecule has 0 spiro atoms. The Bertz CT molecular complexity index is 756. The van der Waals surface area contributed by atoms with Crippen LogP contribution in [-0.2, 0) is 10.0 Å². The number of pyridine rings is 1. The van der Waals surface area contributed by atoms with Crippen LogP contribution >= 0.6 is 0 Å². The molecule has 0 aliphatic heterocycles. The second-order valence-electron chi connectivity index (χ2n) is 4.00. The maximum Gasteiger partial charge on any atom is 0.337 e. The molecule has 1 heterocycles. The van der Waals surface area contributed by atoms with Gasteiger partial charge in [0.1, 0.15) is 5.75 Å². The third-order valence-electron chi connectivity index (χ3n) is 2.61. The molecular weight excluding hydrogens is 296 g/mol. The summed E-state index contributed by atoms with van der Waals surface area (Å²) in [6.45, 7) is 0. The molecule has 8 heteroatoms. The van der Waals surface area contributed by atoms with E-state index in [9.17, 15) is 13.2 Å². The summed E-state index contributed by atoms with van der Waals surface area (Å²) < 4.78 is 31.7. The number of carbonyl (C=O) groups is 1. The zero-order valence-electron chi connectivity index (χ0n) is 11.0. The fourth-order valence-electron chi connectivity index (χ4n) is 1.59. The van der Waals surface area contributed by atoms with Crippen molar-refractivity contribution in [1.29, 1.82) is 0 Å². The van der Waals surface area contributed by atoms with Gasteiger partial charge in [-0.25, -0.2) is 9.78 Å². The van der Waals surface area contributed by atoms with Gasteiger partial charge in [0.15, 0.2) is 5.03 Å². The molecule has 0 aliphatic rings. The predicted molar refractivity (Wildman–Crippen MR) is 75.0 cm³/mol. The van der Waals surface area contributed by atoms with Crippen molar-refractivity contribution in [3.63, 3.8) is 0 Å². The summed E-state index contributed by atoms with van der Waals surface area (Å²) in [6.07, 6.45) is 0.985. The Hall–Kier alpha value is -2.61. The van der Waals surface area contributed by atoms with Gasteiger partial charge >= 0.3 is 5.97 Å². The summed E-state index contributed by atoms with van der Waals surface area (Å²) in [4.78, 5) is 14.4. The molecule has 0 bridgehead atoms. The van der Waals surface area contributed by atoms with E-state index in [-0.39, 0.29) is 16.3 Å². The average Bonchev–Trinajstić information content (AvgIpc) is 2.47. The molecule has 110 valence electrons. The highest BCUT2D eigenvalue weighted by Crippen LogP contribution is 2.25. The van der Waals surface area contributed by atoms with Crippen LogP contribution in [0.4, 0.5) is 5.69 Å². The molecular formula is C13H12N2O5S. The number of anilines is 1. The van der Waals surface area contributed by atoms with Gasteiger partial charge in [-0.05, 0) is 24.3 Å². The zero-order valence-corrected chi connectivity index (χ0v) is 11.8. The zero-order chi connectivity index (χ0) is 15.5. The first-order valence-corrected chi connectivity index (χ1v) is 7.27. The van der Waals surface area contributed by atoms with Crippen molar-refractivity contribution in [1.82, 2.24) is 4.98 Å². The minimum absolute atomic E-state index is 0.0914. The van der Waals surface area contributed by atoms with Crippen LogP contribution in [0.3, 0.4) is 0 Å². The highest BCUT2D eigenvalue weighted by atomic mass is 32.2. The summed E-state index contributed by atoms with van der Waals surface area (Å²) in [5.41, 5.74) is 0.176.